The summed E-state index contributed by atoms with van der Waals surface area (Å²) in [5.74, 6) is 3.64. The molecule has 1 N–H and O–H groups in total. The molecule has 0 heterocycles. The van der Waals surface area contributed by atoms with Crippen molar-refractivity contribution in [1.82, 2.24) is 5.32 Å². The van der Waals surface area contributed by atoms with E-state index in [0.717, 1.165) is 25.2 Å². The van der Waals surface area contributed by atoms with E-state index in [9.17, 15) is 4.79 Å². The van der Waals surface area contributed by atoms with E-state index in [1.165, 1.54) is 19.3 Å². The van der Waals surface area contributed by atoms with Gasteiger partial charge in [0.05, 0.1) is 11.0 Å². The van der Waals surface area contributed by atoms with Crippen molar-refractivity contribution in [2.45, 2.75) is 71.8 Å². The third-order valence-corrected chi connectivity index (χ3v) is 5.89. The van der Waals surface area contributed by atoms with Crippen LogP contribution >= 0.6 is 0 Å². The highest BCUT2D eigenvalue weighted by Gasteiger charge is 2.62. The summed E-state index contributed by atoms with van der Waals surface area (Å²) in [5, 5.41) is 3.12. The van der Waals surface area contributed by atoms with E-state index in [1.54, 1.807) is 0 Å². The number of nitrogens with one attached hydrogen (secondary N) is 1. The maximum Gasteiger partial charge on any atom is 0.227 e. The maximum atomic E-state index is 12.9. The van der Waals surface area contributed by atoms with E-state index < -0.39 is 5.54 Å². The van der Waals surface area contributed by atoms with Crippen molar-refractivity contribution in [2.75, 3.05) is 0 Å². The van der Waals surface area contributed by atoms with Crippen LogP contribution in [0.4, 0.5) is 0 Å². The van der Waals surface area contributed by atoms with Crippen molar-refractivity contribution in [2.24, 2.45) is 22.2 Å². The highest BCUT2D eigenvalue weighted by molar-refractivity contribution is 5.84. The van der Waals surface area contributed by atoms with Crippen molar-refractivity contribution in [3.63, 3.8) is 0 Å². The summed E-state index contributed by atoms with van der Waals surface area (Å²) in [4.78, 5) is 12.9. The van der Waals surface area contributed by atoms with E-state index in [-0.39, 0.29) is 11.3 Å². The number of rotatable bonds is 2. The van der Waals surface area contributed by atoms with Crippen LogP contribution in [-0.2, 0) is 4.79 Å². The summed E-state index contributed by atoms with van der Waals surface area (Å²) >= 11 is 0. The minimum atomic E-state index is -0.539. The van der Waals surface area contributed by atoms with Crippen LogP contribution in [0.3, 0.4) is 0 Å². The quantitative estimate of drug-likeness (QED) is 0.766. The van der Waals surface area contributed by atoms with Gasteiger partial charge in [0.25, 0.3) is 0 Å². The molecule has 0 aromatic heterocycles. The SMILES string of the molecule is C#CC(C)(C)NC(=O)C12CC3CC(C)(CC(C)(C3)C1)C2. The lowest BCUT2D eigenvalue weighted by Crippen LogP contribution is -2.61. The zero-order valence-electron chi connectivity index (χ0n) is 13.3. The molecule has 0 spiro atoms. The lowest BCUT2D eigenvalue weighted by molar-refractivity contribution is -0.171. The van der Waals surface area contributed by atoms with Crippen molar-refractivity contribution in [3.8, 4) is 12.3 Å². The standard InChI is InChI=1S/C18H27NO/c1-6-15(2,3)19-14(20)18-9-13-7-16(4,11-18)10-17(5,8-13)12-18/h1,13H,7-12H2,2-5H3,(H,19,20). The second-order valence-corrected chi connectivity index (χ2v) is 9.13. The molecule has 4 fully saturated rings. The molecule has 4 aliphatic carbocycles. The largest absolute Gasteiger partial charge is 0.340 e. The van der Waals surface area contributed by atoms with Gasteiger partial charge in [0.2, 0.25) is 5.91 Å². The van der Waals surface area contributed by atoms with Gasteiger partial charge in [0.1, 0.15) is 0 Å². The summed E-state index contributed by atoms with van der Waals surface area (Å²) in [7, 11) is 0. The second kappa shape index (κ2) is 3.81. The molecule has 0 aromatic carbocycles. The van der Waals surface area contributed by atoms with Crippen LogP contribution in [0.1, 0.15) is 66.2 Å². The normalized spacial score (nSPS) is 46.0. The Balaban J connectivity index is 1.90. The molecular weight excluding hydrogens is 246 g/mol. The zero-order chi connectivity index (χ0) is 14.8. The first-order valence-corrected chi connectivity index (χ1v) is 7.90. The summed E-state index contributed by atoms with van der Waals surface area (Å²) in [5.41, 5.74) is 0.0385. The molecule has 4 aliphatic rings. The highest BCUT2D eigenvalue weighted by Crippen LogP contribution is 2.69. The Morgan fingerprint density at radius 2 is 1.70 bits per heavy atom. The van der Waals surface area contributed by atoms with Gasteiger partial charge in [0, 0.05) is 0 Å². The molecular formula is C18H27NO. The Kier molecular flexibility index (Phi) is 2.67. The second-order valence-electron chi connectivity index (χ2n) is 9.13. The summed E-state index contributed by atoms with van der Waals surface area (Å²) in [6.07, 6.45) is 12.6. The van der Waals surface area contributed by atoms with Crippen LogP contribution in [-0.4, -0.2) is 11.4 Å². The van der Waals surface area contributed by atoms with E-state index >= 15 is 0 Å². The fourth-order valence-corrected chi connectivity index (χ4v) is 6.15. The van der Waals surface area contributed by atoms with Crippen molar-refractivity contribution < 1.29 is 4.79 Å². The highest BCUT2D eigenvalue weighted by atomic mass is 16.2. The van der Waals surface area contributed by atoms with Crippen LogP contribution in [0.2, 0.25) is 0 Å². The molecule has 2 nitrogen and oxygen atoms in total. The maximum absolute atomic E-state index is 12.9. The van der Waals surface area contributed by atoms with Gasteiger partial charge >= 0.3 is 0 Å². The van der Waals surface area contributed by atoms with Crippen LogP contribution in [0.25, 0.3) is 0 Å². The molecule has 4 saturated carbocycles. The van der Waals surface area contributed by atoms with Gasteiger partial charge in [0.15, 0.2) is 0 Å². The summed E-state index contributed by atoms with van der Waals surface area (Å²) in [6.45, 7) is 8.61. The average molecular weight is 273 g/mol. The van der Waals surface area contributed by atoms with Gasteiger partial charge in [-0.3, -0.25) is 4.79 Å². The molecule has 2 atom stereocenters. The molecule has 1 amide bonds. The molecule has 0 aromatic rings. The van der Waals surface area contributed by atoms with Crippen molar-refractivity contribution in [3.05, 3.63) is 0 Å². The Hall–Kier alpha value is -0.970. The summed E-state index contributed by atoms with van der Waals surface area (Å²) in [6, 6.07) is 0. The van der Waals surface area contributed by atoms with Crippen molar-refractivity contribution >= 4 is 5.91 Å². The number of hydrogen-bond donors (Lipinski definition) is 1. The van der Waals surface area contributed by atoms with E-state index in [2.05, 4.69) is 25.1 Å². The third kappa shape index (κ3) is 2.07. The average Bonchev–Trinajstić information content (AvgIpc) is 2.23. The van der Waals surface area contributed by atoms with Gasteiger partial charge in [-0.15, -0.1) is 6.42 Å². The first-order chi connectivity index (χ1) is 9.10. The van der Waals surface area contributed by atoms with Gasteiger partial charge < -0.3 is 5.32 Å². The Morgan fingerprint density at radius 3 is 2.15 bits per heavy atom. The monoisotopic (exact) mass is 273 g/mol. The van der Waals surface area contributed by atoms with Gasteiger partial charge in [-0.1, -0.05) is 19.8 Å². The Bertz CT molecular complexity index is 480. The van der Waals surface area contributed by atoms with Crippen molar-refractivity contribution in [1.29, 1.82) is 0 Å². The van der Waals surface area contributed by atoms with Crippen LogP contribution < -0.4 is 5.32 Å². The number of carbonyl (C=O) groups is 1. The Labute approximate surface area is 123 Å². The first kappa shape index (κ1) is 14.0. The fourth-order valence-electron chi connectivity index (χ4n) is 6.15. The minimum Gasteiger partial charge on any atom is -0.340 e. The lowest BCUT2D eigenvalue weighted by atomic mass is 9.40. The number of amides is 1. The molecule has 20 heavy (non-hydrogen) atoms. The number of hydrogen-bond acceptors (Lipinski definition) is 1. The third-order valence-electron chi connectivity index (χ3n) is 5.89. The molecule has 2 heteroatoms. The lowest BCUT2D eigenvalue weighted by Gasteiger charge is -2.64. The molecule has 110 valence electrons. The predicted molar refractivity (Wildman–Crippen MR) is 80.9 cm³/mol. The molecule has 0 radical (unpaired) electrons. The minimum absolute atomic E-state index is 0.156. The van der Waals surface area contributed by atoms with Crippen LogP contribution in [0.5, 0.6) is 0 Å². The van der Waals surface area contributed by atoms with Crippen LogP contribution in [0.15, 0.2) is 0 Å². The molecule has 2 unspecified atom stereocenters. The number of carbonyl (C=O) groups excluding carboxylic acids is 1. The first-order valence-electron chi connectivity index (χ1n) is 7.90. The van der Waals surface area contributed by atoms with Gasteiger partial charge in [-0.25, -0.2) is 0 Å². The molecule has 0 aliphatic heterocycles. The predicted octanol–water partition coefficient (Wildman–Crippen LogP) is 3.51. The van der Waals surface area contributed by atoms with E-state index in [4.69, 9.17) is 6.42 Å². The topological polar surface area (TPSA) is 29.1 Å². The van der Waals surface area contributed by atoms with E-state index in [1.807, 2.05) is 13.8 Å². The van der Waals surface area contributed by atoms with Gasteiger partial charge in [-0.2, -0.15) is 0 Å². The van der Waals surface area contributed by atoms with Gasteiger partial charge in [-0.05, 0) is 69.1 Å². The summed E-state index contributed by atoms with van der Waals surface area (Å²) < 4.78 is 0. The smallest absolute Gasteiger partial charge is 0.227 e. The molecule has 4 rings (SSSR count). The van der Waals surface area contributed by atoms with E-state index in [0.29, 0.717) is 10.8 Å². The fraction of sp³-hybridized carbons (Fsp3) is 0.833. The molecule has 4 bridgehead atoms. The Morgan fingerprint density at radius 1 is 1.15 bits per heavy atom. The molecule has 0 saturated heterocycles. The zero-order valence-corrected chi connectivity index (χ0v) is 13.3. The number of terminal acetylenes is 1. The van der Waals surface area contributed by atoms with Crippen LogP contribution in [0, 0.1) is 34.5 Å².